The lowest BCUT2D eigenvalue weighted by atomic mass is 9.94. The standard InChI is InChI=1S/C11H15NO3/c1-2-14-11(13)9-7-12-6-8(9)10-4-3-5-15-10/h3-5,8-9,12H,2,6-7H2,1H3. The summed E-state index contributed by atoms with van der Waals surface area (Å²) in [5, 5.41) is 3.19. The van der Waals surface area contributed by atoms with E-state index in [9.17, 15) is 4.79 Å². The van der Waals surface area contributed by atoms with Gasteiger partial charge in [0.15, 0.2) is 0 Å². The van der Waals surface area contributed by atoms with Crippen LogP contribution in [0.1, 0.15) is 18.6 Å². The molecule has 0 amide bonds. The normalized spacial score (nSPS) is 25.4. The lowest BCUT2D eigenvalue weighted by molar-refractivity contribution is -0.147. The number of carbonyl (C=O) groups excluding carboxylic acids is 1. The summed E-state index contributed by atoms with van der Waals surface area (Å²) in [4.78, 5) is 11.6. The molecule has 2 atom stereocenters. The van der Waals surface area contributed by atoms with Gasteiger partial charge in [0, 0.05) is 19.0 Å². The van der Waals surface area contributed by atoms with Crippen LogP contribution in [0.4, 0.5) is 0 Å². The van der Waals surface area contributed by atoms with Crippen molar-refractivity contribution in [2.75, 3.05) is 19.7 Å². The Morgan fingerprint density at radius 1 is 1.67 bits per heavy atom. The van der Waals surface area contributed by atoms with E-state index >= 15 is 0 Å². The van der Waals surface area contributed by atoms with E-state index in [-0.39, 0.29) is 17.8 Å². The van der Waals surface area contributed by atoms with Crippen molar-refractivity contribution in [3.8, 4) is 0 Å². The van der Waals surface area contributed by atoms with E-state index in [4.69, 9.17) is 9.15 Å². The Morgan fingerprint density at radius 3 is 3.20 bits per heavy atom. The summed E-state index contributed by atoms with van der Waals surface area (Å²) < 4.78 is 10.4. The molecular formula is C11H15NO3. The molecular weight excluding hydrogens is 194 g/mol. The zero-order valence-corrected chi connectivity index (χ0v) is 8.73. The number of hydrogen-bond acceptors (Lipinski definition) is 4. The fraction of sp³-hybridized carbons (Fsp3) is 0.545. The Balaban J connectivity index is 2.08. The molecule has 1 N–H and O–H groups in total. The molecule has 0 spiro atoms. The van der Waals surface area contributed by atoms with Crippen molar-refractivity contribution >= 4 is 5.97 Å². The van der Waals surface area contributed by atoms with Gasteiger partial charge in [-0.2, -0.15) is 0 Å². The molecule has 2 heterocycles. The topological polar surface area (TPSA) is 51.5 Å². The van der Waals surface area contributed by atoms with E-state index in [0.717, 1.165) is 12.3 Å². The first-order valence-electron chi connectivity index (χ1n) is 5.23. The second kappa shape index (κ2) is 4.49. The highest BCUT2D eigenvalue weighted by atomic mass is 16.5. The van der Waals surface area contributed by atoms with Crippen LogP contribution >= 0.6 is 0 Å². The van der Waals surface area contributed by atoms with Gasteiger partial charge in [-0.3, -0.25) is 4.79 Å². The van der Waals surface area contributed by atoms with Gasteiger partial charge in [-0.15, -0.1) is 0 Å². The van der Waals surface area contributed by atoms with E-state index in [1.807, 2.05) is 19.1 Å². The van der Waals surface area contributed by atoms with Crippen LogP contribution in [0.5, 0.6) is 0 Å². The fourth-order valence-corrected chi connectivity index (χ4v) is 1.98. The van der Waals surface area contributed by atoms with Gasteiger partial charge in [-0.05, 0) is 19.1 Å². The van der Waals surface area contributed by atoms with Gasteiger partial charge in [0.2, 0.25) is 0 Å². The first-order valence-corrected chi connectivity index (χ1v) is 5.23. The number of ether oxygens (including phenoxy) is 1. The molecule has 4 heteroatoms. The number of esters is 1. The van der Waals surface area contributed by atoms with E-state index in [2.05, 4.69) is 5.32 Å². The maximum absolute atomic E-state index is 11.6. The van der Waals surface area contributed by atoms with Gasteiger partial charge in [-0.1, -0.05) is 0 Å². The van der Waals surface area contributed by atoms with Crippen LogP contribution in [0.2, 0.25) is 0 Å². The van der Waals surface area contributed by atoms with E-state index in [1.54, 1.807) is 6.26 Å². The van der Waals surface area contributed by atoms with Gasteiger partial charge in [-0.25, -0.2) is 0 Å². The van der Waals surface area contributed by atoms with Gasteiger partial charge < -0.3 is 14.5 Å². The molecule has 0 aromatic carbocycles. The molecule has 0 bridgehead atoms. The smallest absolute Gasteiger partial charge is 0.311 e. The number of rotatable bonds is 3. The van der Waals surface area contributed by atoms with E-state index in [1.165, 1.54) is 0 Å². The Hall–Kier alpha value is -1.29. The van der Waals surface area contributed by atoms with Crippen molar-refractivity contribution < 1.29 is 13.9 Å². The Kier molecular flexibility index (Phi) is 3.06. The maximum Gasteiger partial charge on any atom is 0.311 e. The number of carbonyl (C=O) groups is 1. The van der Waals surface area contributed by atoms with Crippen LogP contribution in [-0.2, 0) is 9.53 Å². The first-order chi connectivity index (χ1) is 7.33. The van der Waals surface area contributed by atoms with Crippen LogP contribution in [0, 0.1) is 5.92 Å². The molecule has 15 heavy (non-hydrogen) atoms. The molecule has 1 aromatic heterocycles. The number of hydrogen-bond donors (Lipinski definition) is 1. The van der Waals surface area contributed by atoms with Gasteiger partial charge in [0.25, 0.3) is 0 Å². The van der Waals surface area contributed by atoms with Crippen molar-refractivity contribution in [3.63, 3.8) is 0 Å². The summed E-state index contributed by atoms with van der Waals surface area (Å²) in [7, 11) is 0. The summed E-state index contributed by atoms with van der Waals surface area (Å²) in [6.07, 6.45) is 1.63. The third-order valence-corrected chi connectivity index (χ3v) is 2.71. The fourth-order valence-electron chi connectivity index (χ4n) is 1.98. The molecule has 0 radical (unpaired) electrons. The van der Waals surface area contributed by atoms with E-state index < -0.39 is 0 Å². The Bertz CT molecular complexity index is 321. The number of nitrogens with one attached hydrogen (secondary N) is 1. The van der Waals surface area contributed by atoms with Gasteiger partial charge in [0.05, 0.1) is 18.8 Å². The molecule has 1 aromatic rings. The Morgan fingerprint density at radius 2 is 2.53 bits per heavy atom. The van der Waals surface area contributed by atoms with Crippen LogP contribution < -0.4 is 5.32 Å². The molecule has 2 unspecified atom stereocenters. The predicted octanol–water partition coefficient (Wildman–Crippen LogP) is 1.15. The zero-order chi connectivity index (χ0) is 10.7. The highest BCUT2D eigenvalue weighted by Gasteiger charge is 2.36. The predicted molar refractivity (Wildman–Crippen MR) is 54.4 cm³/mol. The monoisotopic (exact) mass is 209 g/mol. The van der Waals surface area contributed by atoms with E-state index in [0.29, 0.717) is 13.2 Å². The summed E-state index contributed by atoms with van der Waals surface area (Å²) in [6.45, 7) is 3.70. The molecule has 1 aliphatic heterocycles. The van der Waals surface area contributed by atoms with Gasteiger partial charge in [0.1, 0.15) is 5.76 Å². The van der Waals surface area contributed by atoms with Crippen LogP contribution in [0.25, 0.3) is 0 Å². The van der Waals surface area contributed by atoms with Crippen molar-refractivity contribution in [2.24, 2.45) is 5.92 Å². The Labute approximate surface area is 88.6 Å². The van der Waals surface area contributed by atoms with Crippen molar-refractivity contribution in [1.82, 2.24) is 5.32 Å². The second-order valence-corrected chi connectivity index (χ2v) is 3.64. The molecule has 0 saturated carbocycles. The van der Waals surface area contributed by atoms with Crippen LogP contribution in [0.3, 0.4) is 0 Å². The zero-order valence-electron chi connectivity index (χ0n) is 8.73. The molecule has 0 aliphatic carbocycles. The number of furan rings is 1. The van der Waals surface area contributed by atoms with Crippen molar-refractivity contribution in [2.45, 2.75) is 12.8 Å². The molecule has 1 saturated heterocycles. The third-order valence-electron chi connectivity index (χ3n) is 2.71. The lowest BCUT2D eigenvalue weighted by Crippen LogP contribution is -2.23. The molecule has 2 rings (SSSR count). The minimum absolute atomic E-state index is 0.110. The molecule has 1 aliphatic rings. The second-order valence-electron chi connectivity index (χ2n) is 3.64. The highest BCUT2D eigenvalue weighted by molar-refractivity contribution is 5.74. The summed E-state index contributed by atoms with van der Waals surface area (Å²) in [5.74, 6) is 0.720. The molecule has 1 fully saturated rings. The summed E-state index contributed by atoms with van der Waals surface area (Å²) >= 11 is 0. The van der Waals surface area contributed by atoms with Gasteiger partial charge >= 0.3 is 5.97 Å². The third kappa shape index (κ3) is 2.04. The lowest BCUT2D eigenvalue weighted by Gasteiger charge is -2.14. The van der Waals surface area contributed by atoms with Crippen molar-refractivity contribution in [3.05, 3.63) is 24.2 Å². The van der Waals surface area contributed by atoms with Crippen LogP contribution in [0.15, 0.2) is 22.8 Å². The minimum atomic E-state index is -0.135. The highest BCUT2D eigenvalue weighted by Crippen LogP contribution is 2.29. The van der Waals surface area contributed by atoms with Crippen LogP contribution in [-0.4, -0.2) is 25.7 Å². The maximum atomic E-state index is 11.6. The van der Waals surface area contributed by atoms with Crippen molar-refractivity contribution in [1.29, 1.82) is 0 Å². The average molecular weight is 209 g/mol. The summed E-state index contributed by atoms with van der Waals surface area (Å²) in [5.41, 5.74) is 0. The quantitative estimate of drug-likeness (QED) is 0.758. The molecule has 4 nitrogen and oxygen atoms in total. The first kappa shape index (κ1) is 10.2. The molecule has 82 valence electrons. The SMILES string of the molecule is CCOC(=O)C1CNCC1c1ccco1. The largest absolute Gasteiger partial charge is 0.469 e. The minimum Gasteiger partial charge on any atom is -0.469 e. The summed E-state index contributed by atoms with van der Waals surface area (Å²) in [6, 6.07) is 3.75. The average Bonchev–Trinajstić information content (AvgIpc) is 2.88.